The Morgan fingerprint density at radius 1 is 1.27 bits per heavy atom. The van der Waals surface area contributed by atoms with Gasteiger partial charge < -0.3 is 14.6 Å². The van der Waals surface area contributed by atoms with Crippen molar-refractivity contribution in [2.45, 2.75) is 20.3 Å². The molecule has 0 aromatic rings. The molecule has 0 aromatic carbocycles. The Hall–Kier alpha value is -1.10. The summed E-state index contributed by atoms with van der Waals surface area (Å²) in [6.07, 6.45) is 0.321. The highest BCUT2D eigenvalue weighted by Crippen LogP contribution is 2.54. The molecule has 1 fully saturated rings. The van der Waals surface area contributed by atoms with Gasteiger partial charge in [-0.25, -0.2) is 0 Å². The van der Waals surface area contributed by atoms with E-state index in [9.17, 15) is 9.59 Å². The summed E-state index contributed by atoms with van der Waals surface area (Å²) < 4.78 is 9.64. The van der Waals surface area contributed by atoms with Crippen LogP contribution < -0.4 is 0 Å². The van der Waals surface area contributed by atoms with Crippen molar-refractivity contribution in [3.8, 4) is 0 Å². The lowest BCUT2D eigenvalue weighted by atomic mass is 10.0. The van der Waals surface area contributed by atoms with Crippen LogP contribution in [0.1, 0.15) is 20.3 Å². The van der Waals surface area contributed by atoms with E-state index < -0.39 is 17.4 Å². The van der Waals surface area contributed by atoms with E-state index in [-0.39, 0.29) is 25.7 Å². The fourth-order valence-corrected chi connectivity index (χ4v) is 1.65. The number of rotatable bonds is 5. The summed E-state index contributed by atoms with van der Waals surface area (Å²) in [4.78, 5) is 23.2. The van der Waals surface area contributed by atoms with Crippen molar-refractivity contribution in [3.05, 3.63) is 0 Å². The van der Waals surface area contributed by atoms with Gasteiger partial charge in [0.1, 0.15) is 0 Å². The van der Waals surface area contributed by atoms with Crippen molar-refractivity contribution in [3.63, 3.8) is 0 Å². The Balaban J connectivity index is 2.73. The first-order chi connectivity index (χ1) is 7.13. The maximum absolute atomic E-state index is 11.6. The van der Waals surface area contributed by atoms with E-state index in [4.69, 9.17) is 14.6 Å². The summed E-state index contributed by atoms with van der Waals surface area (Å²) in [6.45, 7) is 3.59. The van der Waals surface area contributed by atoms with E-state index in [1.54, 1.807) is 13.8 Å². The molecule has 1 saturated carbocycles. The standard InChI is InChI=1S/C10H16O5/c1-3-14-8(12)10(5-7(10)6-11)9(13)15-4-2/h7,11H,3-6H2,1-2H3/t7-/m0/s1. The lowest BCUT2D eigenvalue weighted by Crippen LogP contribution is -2.32. The van der Waals surface area contributed by atoms with Crippen LogP contribution in [0.4, 0.5) is 0 Å². The molecular formula is C10H16O5. The lowest BCUT2D eigenvalue weighted by Gasteiger charge is -2.13. The molecule has 5 nitrogen and oxygen atoms in total. The minimum Gasteiger partial charge on any atom is -0.465 e. The molecule has 86 valence electrons. The summed E-state index contributed by atoms with van der Waals surface area (Å²) in [7, 11) is 0. The molecule has 0 radical (unpaired) electrons. The molecule has 0 saturated heterocycles. The van der Waals surface area contributed by atoms with Crippen molar-refractivity contribution in [2.24, 2.45) is 11.3 Å². The van der Waals surface area contributed by atoms with E-state index in [0.29, 0.717) is 6.42 Å². The molecule has 0 aromatic heterocycles. The number of aliphatic hydroxyl groups is 1. The molecule has 0 bridgehead atoms. The van der Waals surface area contributed by atoms with Gasteiger partial charge in [-0.05, 0) is 20.3 Å². The summed E-state index contributed by atoms with van der Waals surface area (Å²) in [5.74, 6) is -1.51. The number of hydrogen-bond donors (Lipinski definition) is 1. The second kappa shape index (κ2) is 4.61. The SMILES string of the molecule is CCOC(=O)C1(C(=O)OCC)C[C@H]1CO. The van der Waals surface area contributed by atoms with Crippen molar-refractivity contribution in [1.29, 1.82) is 0 Å². The molecule has 0 aliphatic heterocycles. The smallest absolute Gasteiger partial charge is 0.323 e. The first-order valence-electron chi connectivity index (χ1n) is 5.08. The van der Waals surface area contributed by atoms with Crippen LogP contribution in [-0.4, -0.2) is 36.9 Å². The van der Waals surface area contributed by atoms with E-state index in [2.05, 4.69) is 0 Å². The lowest BCUT2D eigenvalue weighted by molar-refractivity contribution is -0.165. The fraction of sp³-hybridized carbons (Fsp3) is 0.800. The zero-order valence-corrected chi connectivity index (χ0v) is 8.99. The maximum Gasteiger partial charge on any atom is 0.323 e. The number of carbonyl (C=O) groups excluding carboxylic acids is 2. The number of hydrogen-bond acceptors (Lipinski definition) is 5. The van der Waals surface area contributed by atoms with Crippen molar-refractivity contribution >= 4 is 11.9 Å². The Morgan fingerprint density at radius 3 is 2.00 bits per heavy atom. The normalized spacial score (nSPS) is 21.9. The molecule has 1 N–H and O–H groups in total. The van der Waals surface area contributed by atoms with Crippen molar-refractivity contribution < 1.29 is 24.2 Å². The van der Waals surface area contributed by atoms with Crippen LogP contribution in [0.5, 0.6) is 0 Å². The summed E-state index contributed by atoms with van der Waals surface area (Å²) in [6, 6.07) is 0. The number of aliphatic hydroxyl groups excluding tert-OH is 1. The molecule has 0 spiro atoms. The highest BCUT2D eigenvalue weighted by Gasteiger charge is 2.67. The van der Waals surface area contributed by atoms with Crippen LogP contribution in [0.15, 0.2) is 0 Å². The number of ether oxygens (including phenoxy) is 2. The Morgan fingerprint density at radius 2 is 1.73 bits per heavy atom. The van der Waals surface area contributed by atoms with Crippen molar-refractivity contribution in [2.75, 3.05) is 19.8 Å². The second-order valence-electron chi connectivity index (χ2n) is 3.50. The predicted molar refractivity (Wildman–Crippen MR) is 50.9 cm³/mol. The van der Waals surface area contributed by atoms with Gasteiger partial charge in [-0.15, -0.1) is 0 Å². The number of esters is 2. The largest absolute Gasteiger partial charge is 0.465 e. The summed E-state index contributed by atoms with van der Waals surface area (Å²) >= 11 is 0. The minimum absolute atomic E-state index is 0.197. The van der Waals surface area contributed by atoms with Crippen LogP contribution in [0.2, 0.25) is 0 Å². The van der Waals surface area contributed by atoms with Gasteiger partial charge in [0.15, 0.2) is 5.41 Å². The first kappa shape index (κ1) is 12.0. The fourth-order valence-electron chi connectivity index (χ4n) is 1.65. The topological polar surface area (TPSA) is 72.8 Å². The van der Waals surface area contributed by atoms with Gasteiger partial charge in [0.2, 0.25) is 0 Å². The van der Waals surface area contributed by atoms with E-state index in [0.717, 1.165) is 0 Å². The molecule has 1 aliphatic rings. The molecule has 5 heteroatoms. The quantitative estimate of drug-likeness (QED) is 0.521. The summed E-state index contributed by atoms with van der Waals surface area (Å²) in [5, 5.41) is 8.96. The number of carbonyl (C=O) groups is 2. The Labute approximate surface area is 88.4 Å². The van der Waals surface area contributed by atoms with Crippen molar-refractivity contribution in [1.82, 2.24) is 0 Å². The van der Waals surface area contributed by atoms with Crippen LogP contribution in [0.25, 0.3) is 0 Å². The second-order valence-corrected chi connectivity index (χ2v) is 3.50. The minimum atomic E-state index is -1.24. The molecule has 1 aliphatic carbocycles. The third-order valence-electron chi connectivity index (χ3n) is 2.60. The van der Waals surface area contributed by atoms with Crippen LogP contribution in [-0.2, 0) is 19.1 Å². The predicted octanol–water partition coefficient (Wildman–Crippen LogP) is 0.111. The van der Waals surface area contributed by atoms with Crippen LogP contribution in [0.3, 0.4) is 0 Å². The van der Waals surface area contributed by atoms with Gasteiger partial charge in [0.25, 0.3) is 0 Å². The molecule has 0 unspecified atom stereocenters. The monoisotopic (exact) mass is 216 g/mol. The van der Waals surface area contributed by atoms with Gasteiger partial charge in [-0.3, -0.25) is 9.59 Å². The molecule has 0 amide bonds. The van der Waals surface area contributed by atoms with Gasteiger partial charge >= 0.3 is 11.9 Å². The maximum atomic E-state index is 11.6. The zero-order valence-electron chi connectivity index (χ0n) is 8.99. The van der Waals surface area contributed by atoms with E-state index in [1.807, 2.05) is 0 Å². The van der Waals surface area contributed by atoms with Gasteiger partial charge in [0.05, 0.1) is 13.2 Å². The third-order valence-corrected chi connectivity index (χ3v) is 2.60. The first-order valence-corrected chi connectivity index (χ1v) is 5.08. The van der Waals surface area contributed by atoms with Gasteiger partial charge in [-0.2, -0.15) is 0 Å². The molecule has 0 heterocycles. The molecule has 1 rings (SSSR count). The zero-order chi connectivity index (χ0) is 11.5. The van der Waals surface area contributed by atoms with Crippen LogP contribution in [0, 0.1) is 11.3 Å². The van der Waals surface area contributed by atoms with E-state index in [1.165, 1.54) is 0 Å². The third kappa shape index (κ3) is 1.97. The molecule has 15 heavy (non-hydrogen) atoms. The van der Waals surface area contributed by atoms with Gasteiger partial charge in [-0.1, -0.05) is 0 Å². The molecular weight excluding hydrogens is 200 g/mol. The van der Waals surface area contributed by atoms with E-state index >= 15 is 0 Å². The average Bonchev–Trinajstić information content (AvgIpc) is 2.94. The Kier molecular flexibility index (Phi) is 3.68. The molecule has 1 atom stereocenters. The summed E-state index contributed by atoms with van der Waals surface area (Å²) in [5.41, 5.74) is -1.24. The Bertz CT molecular complexity index is 243. The highest BCUT2D eigenvalue weighted by atomic mass is 16.6. The van der Waals surface area contributed by atoms with Crippen LogP contribution >= 0.6 is 0 Å². The highest BCUT2D eigenvalue weighted by molar-refractivity contribution is 6.03. The van der Waals surface area contributed by atoms with Gasteiger partial charge in [0, 0.05) is 12.5 Å². The average molecular weight is 216 g/mol.